The normalized spacial score (nSPS) is 30.0. The second-order valence-corrected chi connectivity index (χ2v) is 8.87. The van der Waals surface area contributed by atoms with Crippen LogP contribution in [0.3, 0.4) is 0 Å². The number of nitrogens with one attached hydrogen (secondary N) is 1. The minimum Gasteiger partial charge on any atom is -0.309 e. The highest BCUT2D eigenvalue weighted by Gasteiger charge is 2.58. The van der Waals surface area contributed by atoms with Crippen LogP contribution in [-0.4, -0.2) is 28.9 Å². The van der Waals surface area contributed by atoms with Gasteiger partial charge in [0.2, 0.25) is 0 Å². The number of urea groups is 1. The summed E-state index contributed by atoms with van der Waals surface area (Å²) in [5.74, 6) is -0.703. The Morgan fingerprint density at radius 3 is 2.62 bits per heavy atom. The molecule has 1 aliphatic heterocycles. The Kier molecular flexibility index (Phi) is 4.23. The van der Waals surface area contributed by atoms with Crippen molar-refractivity contribution in [3.8, 4) is 0 Å². The highest BCUT2D eigenvalue weighted by atomic mass is 35.5. The van der Waals surface area contributed by atoms with Gasteiger partial charge in [-0.25, -0.2) is 9.18 Å². The molecule has 1 spiro atoms. The summed E-state index contributed by atoms with van der Waals surface area (Å²) in [6.07, 6.45) is 4.86. The number of benzene rings is 1. The SMILES string of the molecule is C[C@]1(CN2C(=O)NC(=O)C23CCC3)CCC[C@@H]1c1c(F)ccc(Cl)c1Cl. The van der Waals surface area contributed by atoms with Crippen LogP contribution in [-0.2, 0) is 4.79 Å². The van der Waals surface area contributed by atoms with E-state index in [-0.39, 0.29) is 34.1 Å². The first-order chi connectivity index (χ1) is 12.3. The molecule has 0 radical (unpaired) electrons. The number of hydrogen-bond donors (Lipinski definition) is 1. The van der Waals surface area contributed by atoms with E-state index < -0.39 is 5.54 Å². The predicted octanol–water partition coefficient (Wildman–Crippen LogP) is 4.88. The highest BCUT2D eigenvalue weighted by Crippen LogP contribution is 2.54. The van der Waals surface area contributed by atoms with E-state index in [0.29, 0.717) is 30.0 Å². The Morgan fingerprint density at radius 1 is 1.23 bits per heavy atom. The molecule has 0 aromatic heterocycles. The first-order valence-electron chi connectivity index (χ1n) is 9.05. The molecule has 0 bridgehead atoms. The molecule has 2 aliphatic carbocycles. The van der Waals surface area contributed by atoms with Crippen LogP contribution in [0.25, 0.3) is 0 Å². The Balaban J connectivity index is 1.69. The third kappa shape index (κ3) is 2.47. The summed E-state index contributed by atoms with van der Waals surface area (Å²) in [4.78, 5) is 26.4. The Labute approximate surface area is 162 Å². The molecular weight excluding hydrogens is 378 g/mol. The third-order valence-corrected chi connectivity index (χ3v) is 7.43. The van der Waals surface area contributed by atoms with Gasteiger partial charge < -0.3 is 4.90 Å². The van der Waals surface area contributed by atoms with Crippen LogP contribution in [0, 0.1) is 11.2 Å². The molecule has 3 aliphatic rings. The molecular formula is C19H21Cl2FN2O2. The van der Waals surface area contributed by atoms with Gasteiger partial charge in [-0.05, 0) is 55.6 Å². The lowest BCUT2D eigenvalue weighted by Crippen LogP contribution is -2.57. The summed E-state index contributed by atoms with van der Waals surface area (Å²) in [6, 6.07) is 2.48. The molecule has 7 heteroatoms. The van der Waals surface area contributed by atoms with E-state index in [1.807, 2.05) is 0 Å². The number of amides is 3. The van der Waals surface area contributed by atoms with E-state index in [1.165, 1.54) is 12.1 Å². The third-order valence-electron chi connectivity index (χ3n) is 6.61. The maximum Gasteiger partial charge on any atom is 0.325 e. The van der Waals surface area contributed by atoms with Crippen molar-refractivity contribution < 1.29 is 14.0 Å². The fraction of sp³-hybridized carbons (Fsp3) is 0.579. The van der Waals surface area contributed by atoms with E-state index in [9.17, 15) is 14.0 Å². The second kappa shape index (κ2) is 6.10. The van der Waals surface area contributed by atoms with E-state index in [4.69, 9.17) is 23.2 Å². The highest BCUT2D eigenvalue weighted by molar-refractivity contribution is 6.42. The number of rotatable bonds is 3. The van der Waals surface area contributed by atoms with Crippen molar-refractivity contribution in [1.29, 1.82) is 0 Å². The fourth-order valence-corrected chi connectivity index (χ4v) is 5.42. The number of halogens is 3. The molecule has 2 atom stereocenters. The number of nitrogens with zero attached hydrogens (tertiary/aromatic N) is 1. The summed E-state index contributed by atoms with van der Waals surface area (Å²) in [6.45, 7) is 2.47. The largest absolute Gasteiger partial charge is 0.325 e. The Morgan fingerprint density at radius 2 is 1.96 bits per heavy atom. The number of carbonyl (C=O) groups is 2. The zero-order valence-corrected chi connectivity index (χ0v) is 16.1. The predicted molar refractivity (Wildman–Crippen MR) is 97.9 cm³/mol. The minimum absolute atomic E-state index is 0.144. The second-order valence-electron chi connectivity index (χ2n) is 8.09. The van der Waals surface area contributed by atoms with Crippen molar-refractivity contribution in [2.45, 2.75) is 56.9 Å². The van der Waals surface area contributed by atoms with Crippen molar-refractivity contribution in [3.05, 3.63) is 33.6 Å². The van der Waals surface area contributed by atoms with Crippen molar-refractivity contribution in [3.63, 3.8) is 0 Å². The summed E-state index contributed by atoms with van der Waals surface area (Å²) in [5, 5.41) is 3.05. The molecule has 0 unspecified atom stereocenters. The zero-order chi connectivity index (χ0) is 18.7. The number of carbonyl (C=O) groups excluding carboxylic acids is 2. The van der Waals surface area contributed by atoms with E-state index >= 15 is 0 Å². The molecule has 1 N–H and O–H groups in total. The average molecular weight is 399 g/mol. The minimum atomic E-state index is -0.704. The van der Waals surface area contributed by atoms with Crippen molar-refractivity contribution in [2.75, 3.05) is 6.54 Å². The molecule has 1 aromatic rings. The maximum absolute atomic E-state index is 14.6. The molecule has 26 heavy (non-hydrogen) atoms. The van der Waals surface area contributed by atoms with Gasteiger partial charge in [-0.15, -0.1) is 0 Å². The Hall–Kier alpha value is -1.33. The van der Waals surface area contributed by atoms with Gasteiger partial charge in [-0.2, -0.15) is 0 Å². The van der Waals surface area contributed by atoms with Gasteiger partial charge >= 0.3 is 6.03 Å². The van der Waals surface area contributed by atoms with Gasteiger partial charge in [-0.3, -0.25) is 10.1 Å². The van der Waals surface area contributed by atoms with Gasteiger partial charge in [0.15, 0.2) is 0 Å². The van der Waals surface area contributed by atoms with E-state index in [1.54, 1.807) is 4.90 Å². The van der Waals surface area contributed by atoms with Crippen LogP contribution < -0.4 is 5.32 Å². The molecule has 140 valence electrons. The average Bonchev–Trinajstić information content (AvgIpc) is 3.02. The lowest BCUT2D eigenvalue weighted by molar-refractivity contribution is -0.131. The molecule has 3 amide bonds. The zero-order valence-electron chi connectivity index (χ0n) is 14.6. The molecule has 1 aromatic carbocycles. The first-order valence-corrected chi connectivity index (χ1v) is 9.81. The lowest BCUT2D eigenvalue weighted by atomic mass is 9.71. The van der Waals surface area contributed by atoms with Gasteiger partial charge in [0.1, 0.15) is 11.4 Å². The summed E-state index contributed by atoms with van der Waals surface area (Å²) < 4.78 is 14.6. The standard InChI is InChI=1S/C19H21Cl2FN2O2/c1-18(10-24-17(26)23-16(25)19(24)8-3-9-19)7-2-4-11(18)14-13(22)6-5-12(20)15(14)21/h5-6,11H,2-4,7-10H2,1H3,(H,23,25,26)/t11-,18-/m1/s1. The maximum atomic E-state index is 14.6. The lowest BCUT2D eigenvalue weighted by Gasteiger charge is -2.46. The fourth-order valence-electron chi connectivity index (χ4n) is 4.97. The Bertz CT molecular complexity index is 796. The molecule has 1 saturated heterocycles. The van der Waals surface area contributed by atoms with Gasteiger partial charge in [0.05, 0.1) is 10.0 Å². The van der Waals surface area contributed by atoms with Crippen LogP contribution in [0.1, 0.15) is 56.9 Å². The van der Waals surface area contributed by atoms with Crippen LogP contribution in [0.5, 0.6) is 0 Å². The summed E-state index contributed by atoms with van der Waals surface area (Å²) in [5.41, 5.74) is -0.628. The van der Waals surface area contributed by atoms with Crippen LogP contribution in [0.15, 0.2) is 12.1 Å². The van der Waals surface area contributed by atoms with Gasteiger partial charge in [-0.1, -0.05) is 36.5 Å². The number of hydrogen-bond acceptors (Lipinski definition) is 2. The number of imide groups is 1. The molecule has 3 fully saturated rings. The van der Waals surface area contributed by atoms with Crippen LogP contribution in [0.2, 0.25) is 10.0 Å². The smallest absolute Gasteiger partial charge is 0.309 e. The summed E-state index contributed by atoms with van der Waals surface area (Å²) >= 11 is 12.5. The molecule has 4 nitrogen and oxygen atoms in total. The van der Waals surface area contributed by atoms with Crippen molar-refractivity contribution >= 4 is 35.1 Å². The quantitative estimate of drug-likeness (QED) is 0.582. The van der Waals surface area contributed by atoms with Crippen LogP contribution in [0.4, 0.5) is 9.18 Å². The summed E-state index contributed by atoms with van der Waals surface area (Å²) in [7, 11) is 0. The molecule has 4 rings (SSSR count). The van der Waals surface area contributed by atoms with Crippen molar-refractivity contribution in [1.82, 2.24) is 10.2 Å². The monoisotopic (exact) mass is 398 g/mol. The van der Waals surface area contributed by atoms with E-state index in [0.717, 1.165) is 25.7 Å². The van der Waals surface area contributed by atoms with Crippen LogP contribution >= 0.6 is 23.2 Å². The molecule has 2 saturated carbocycles. The first kappa shape index (κ1) is 18.1. The van der Waals surface area contributed by atoms with Gasteiger partial charge in [0.25, 0.3) is 5.91 Å². The van der Waals surface area contributed by atoms with Crippen molar-refractivity contribution in [2.24, 2.45) is 5.41 Å². The molecule has 1 heterocycles. The van der Waals surface area contributed by atoms with Gasteiger partial charge in [0, 0.05) is 12.1 Å². The van der Waals surface area contributed by atoms with E-state index in [2.05, 4.69) is 12.2 Å². The topological polar surface area (TPSA) is 49.4 Å².